The second-order valence-electron chi connectivity index (χ2n) is 4.92. The van der Waals surface area contributed by atoms with Crippen molar-refractivity contribution in [3.05, 3.63) is 0 Å². The van der Waals surface area contributed by atoms with E-state index >= 15 is 0 Å². The summed E-state index contributed by atoms with van der Waals surface area (Å²) in [4.78, 5) is 24.6. The Hall–Kier alpha value is -1.31. The first-order chi connectivity index (χ1) is 8.62. The molecule has 0 radical (unpaired) electrons. The fourth-order valence-electron chi connectivity index (χ4n) is 1.81. The van der Waals surface area contributed by atoms with Gasteiger partial charge in [-0.25, -0.2) is 0 Å². The predicted octanol–water partition coefficient (Wildman–Crippen LogP) is 0.692. The lowest BCUT2D eigenvalue weighted by Crippen LogP contribution is -2.63. The van der Waals surface area contributed by atoms with Gasteiger partial charge in [-0.05, 0) is 20.3 Å². The van der Waals surface area contributed by atoms with Crippen LogP contribution in [0.5, 0.6) is 0 Å². The Morgan fingerprint density at radius 2 is 2.00 bits per heavy atom. The smallest absolute Gasteiger partial charge is 0.372 e. The van der Waals surface area contributed by atoms with E-state index in [1.54, 1.807) is 13.8 Å². The Morgan fingerprint density at radius 1 is 1.37 bits per heavy atom. The third kappa shape index (κ3) is 5.06. The van der Waals surface area contributed by atoms with Crippen LogP contribution in [-0.4, -0.2) is 54.7 Å². The van der Waals surface area contributed by atoms with Crippen LogP contribution in [0.1, 0.15) is 20.3 Å². The van der Waals surface area contributed by atoms with Gasteiger partial charge < -0.3 is 15.0 Å². The minimum absolute atomic E-state index is 0.0679. The molecule has 1 aliphatic rings. The number of piperazine rings is 1. The molecule has 2 amide bonds. The van der Waals surface area contributed by atoms with Gasteiger partial charge in [0.1, 0.15) is 12.1 Å². The Bertz CT molecular complexity index is 356. The molecule has 0 unspecified atom stereocenters. The number of alkyl halides is 3. The van der Waals surface area contributed by atoms with E-state index in [2.05, 4.69) is 10.1 Å². The lowest BCUT2D eigenvalue weighted by Gasteiger charge is -2.37. The number of ether oxygens (including phenoxy) is 1. The molecule has 1 fully saturated rings. The van der Waals surface area contributed by atoms with Crippen molar-refractivity contribution in [1.29, 1.82) is 0 Å². The van der Waals surface area contributed by atoms with Gasteiger partial charge in [-0.15, -0.1) is 0 Å². The number of hydrogen-bond acceptors (Lipinski definition) is 3. The number of nitrogens with zero attached hydrogens (tertiary/aromatic N) is 1. The molecule has 19 heavy (non-hydrogen) atoms. The van der Waals surface area contributed by atoms with Crippen molar-refractivity contribution in [2.45, 2.75) is 32.0 Å². The van der Waals surface area contributed by atoms with Crippen LogP contribution in [0.2, 0.25) is 0 Å². The number of hydrogen-bond donors (Lipinski definition) is 1. The fourth-order valence-corrected chi connectivity index (χ4v) is 1.81. The second kappa shape index (κ2) is 5.77. The number of amides is 2. The summed E-state index contributed by atoms with van der Waals surface area (Å²) in [6.45, 7) is 1.90. The molecule has 0 saturated carbocycles. The lowest BCUT2D eigenvalue weighted by molar-refractivity contribution is -0.174. The topological polar surface area (TPSA) is 58.6 Å². The number of rotatable bonds is 5. The van der Waals surface area contributed by atoms with Crippen LogP contribution in [-0.2, 0) is 14.3 Å². The minimum atomic E-state index is -4.34. The molecule has 5 nitrogen and oxygen atoms in total. The largest absolute Gasteiger partial charge is 0.411 e. The molecular weight excluding hydrogens is 265 g/mol. The van der Waals surface area contributed by atoms with Gasteiger partial charge in [0.05, 0.1) is 6.54 Å². The third-order valence-electron chi connectivity index (χ3n) is 2.59. The fraction of sp³-hybridized carbons (Fsp3) is 0.818. The SMILES string of the molecule is CC1(C)NC(=O)CN(CCCOCC(F)(F)F)C1=O. The molecule has 1 rings (SSSR count). The Kier molecular flexibility index (Phi) is 4.78. The van der Waals surface area contributed by atoms with Crippen molar-refractivity contribution in [3.63, 3.8) is 0 Å². The summed E-state index contributed by atoms with van der Waals surface area (Å²) in [6, 6.07) is 0. The number of halogens is 3. The van der Waals surface area contributed by atoms with Crippen molar-refractivity contribution in [1.82, 2.24) is 10.2 Å². The normalized spacial score (nSPS) is 19.5. The highest BCUT2D eigenvalue weighted by Crippen LogP contribution is 2.15. The van der Waals surface area contributed by atoms with E-state index < -0.39 is 18.3 Å². The van der Waals surface area contributed by atoms with Crippen LogP contribution in [0.3, 0.4) is 0 Å². The molecule has 110 valence electrons. The van der Waals surface area contributed by atoms with E-state index in [1.807, 2.05) is 0 Å². The zero-order valence-electron chi connectivity index (χ0n) is 10.8. The third-order valence-corrected chi connectivity index (χ3v) is 2.59. The van der Waals surface area contributed by atoms with Crippen LogP contribution in [0, 0.1) is 0 Å². The van der Waals surface area contributed by atoms with Gasteiger partial charge in [-0.3, -0.25) is 9.59 Å². The second-order valence-corrected chi connectivity index (χ2v) is 4.92. The minimum Gasteiger partial charge on any atom is -0.372 e. The van der Waals surface area contributed by atoms with Crippen molar-refractivity contribution in [3.8, 4) is 0 Å². The molecule has 1 aliphatic heterocycles. The highest BCUT2D eigenvalue weighted by atomic mass is 19.4. The van der Waals surface area contributed by atoms with Crippen LogP contribution in [0.25, 0.3) is 0 Å². The van der Waals surface area contributed by atoms with Crippen LogP contribution in [0.15, 0.2) is 0 Å². The van der Waals surface area contributed by atoms with E-state index in [9.17, 15) is 22.8 Å². The summed E-state index contributed by atoms with van der Waals surface area (Å²) in [7, 11) is 0. The standard InChI is InChI=1S/C11H17F3N2O3/c1-10(2)9(18)16(6-8(17)15-10)4-3-5-19-7-11(12,13)14/h3-7H2,1-2H3,(H,15,17). The maximum Gasteiger partial charge on any atom is 0.411 e. The summed E-state index contributed by atoms with van der Waals surface area (Å²) in [5, 5.41) is 2.55. The quantitative estimate of drug-likeness (QED) is 0.755. The van der Waals surface area contributed by atoms with Crippen molar-refractivity contribution in [2.75, 3.05) is 26.3 Å². The predicted molar refractivity (Wildman–Crippen MR) is 60.3 cm³/mol. The number of carbonyl (C=O) groups is 2. The Balaban J connectivity index is 2.32. The molecule has 0 aromatic rings. The lowest BCUT2D eigenvalue weighted by atomic mass is 10.0. The first-order valence-electron chi connectivity index (χ1n) is 5.87. The van der Waals surface area contributed by atoms with Crippen molar-refractivity contribution >= 4 is 11.8 Å². The average molecular weight is 282 g/mol. The number of nitrogens with one attached hydrogen (secondary N) is 1. The van der Waals surface area contributed by atoms with Crippen molar-refractivity contribution in [2.24, 2.45) is 0 Å². The summed E-state index contributed by atoms with van der Waals surface area (Å²) in [5.41, 5.74) is -0.970. The number of carbonyl (C=O) groups excluding carboxylic acids is 2. The molecular formula is C11H17F3N2O3. The zero-order valence-corrected chi connectivity index (χ0v) is 10.8. The molecule has 1 saturated heterocycles. The molecule has 0 atom stereocenters. The highest BCUT2D eigenvalue weighted by molar-refractivity contribution is 5.97. The average Bonchev–Trinajstić information content (AvgIpc) is 2.22. The molecule has 1 N–H and O–H groups in total. The molecule has 0 aliphatic carbocycles. The van der Waals surface area contributed by atoms with Gasteiger partial charge in [0, 0.05) is 13.2 Å². The molecule has 0 spiro atoms. The van der Waals surface area contributed by atoms with Gasteiger partial charge in [0.2, 0.25) is 11.8 Å². The van der Waals surface area contributed by atoms with Gasteiger partial charge in [0.25, 0.3) is 0 Å². The van der Waals surface area contributed by atoms with Crippen molar-refractivity contribution < 1.29 is 27.5 Å². The highest BCUT2D eigenvalue weighted by Gasteiger charge is 2.38. The van der Waals surface area contributed by atoms with Gasteiger partial charge in [-0.1, -0.05) is 0 Å². The molecule has 1 heterocycles. The van der Waals surface area contributed by atoms with Gasteiger partial charge in [-0.2, -0.15) is 13.2 Å². The van der Waals surface area contributed by atoms with E-state index in [4.69, 9.17) is 0 Å². The van der Waals surface area contributed by atoms with Gasteiger partial charge >= 0.3 is 6.18 Å². The monoisotopic (exact) mass is 282 g/mol. The summed E-state index contributed by atoms with van der Waals surface area (Å²) in [5.74, 6) is -0.524. The van der Waals surface area contributed by atoms with E-state index in [1.165, 1.54) is 4.90 Å². The van der Waals surface area contributed by atoms with E-state index in [0.717, 1.165) is 0 Å². The maximum atomic E-state index is 11.9. The van der Waals surface area contributed by atoms with Crippen LogP contribution >= 0.6 is 0 Å². The molecule has 8 heteroatoms. The first kappa shape index (κ1) is 15.7. The zero-order chi connectivity index (χ0) is 14.7. The van der Waals surface area contributed by atoms with Gasteiger partial charge in [0.15, 0.2) is 0 Å². The van der Waals surface area contributed by atoms with E-state index in [0.29, 0.717) is 0 Å². The van der Waals surface area contributed by atoms with E-state index in [-0.39, 0.29) is 37.9 Å². The molecule has 0 aromatic heterocycles. The van der Waals surface area contributed by atoms with Crippen LogP contribution in [0.4, 0.5) is 13.2 Å². The Labute approximate surface area is 109 Å². The molecule has 0 aromatic carbocycles. The van der Waals surface area contributed by atoms with Crippen LogP contribution < -0.4 is 5.32 Å². The molecule has 0 bridgehead atoms. The summed E-state index contributed by atoms with van der Waals surface area (Å²) in [6.07, 6.45) is -4.09. The first-order valence-corrected chi connectivity index (χ1v) is 5.87. The summed E-state index contributed by atoms with van der Waals surface area (Å²) < 4.78 is 39.9. The maximum absolute atomic E-state index is 11.9. The Morgan fingerprint density at radius 3 is 2.58 bits per heavy atom. The summed E-state index contributed by atoms with van der Waals surface area (Å²) >= 11 is 0.